The van der Waals surface area contributed by atoms with Gasteiger partial charge in [-0.1, -0.05) is 0 Å². The molecule has 0 heterocycles. The van der Waals surface area contributed by atoms with Crippen LogP contribution in [0, 0.1) is 0 Å². The summed E-state index contributed by atoms with van der Waals surface area (Å²) < 4.78 is 0. The van der Waals surface area contributed by atoms with Crippen LogP contribution in [0.1, 0.15) is 0 Å². The quantitative estimate of drug-likeness (QED) is 0.232. The topological polar surface area (TPSA) is 31.5 Å². The largest absolute Gasteiger partial charge is 0.412 e. The summed E-state index contributed by atoms with van der Waals surface area (Å²) in [6.07, 6.45) is 0. The van der Waals surface area contributed by atoms with Gasteiger partial charge in [0.05, 0.1) is 0 Å². The third-order valence-corrected chi connectivity index (χ3v) is 0. The fourth-order valence-corrected chi connectivity index (χ4v) is 0. The van der Waals surface area contributed by atoms with E-state index >= 15 is 0 Å². The number of rotatable bonds is 0. The molecule has 0 rings (SSSR count). The standard InChI is InChI=1S/Al.H2O.H3P.H4Si.3H/h;1H2;1H3;1H4;;;. The molecular formula is H12AlOPSi. The van der Waals surface area contributed by atoms with Crippen LogP contribution in [-0.4, -0.2) is 33.8 Å². The van der Waals surface area contributed by atoms with E-state index in [-0.39, 0.29) is 43.7 Å². The highest BCUT2D eigenvalue weighted by atomic mass is 31.0. The van der Waals surface area contributed by atoms with Crippen LogP contribution in [0.15, 0.2) is 0 Å². The van der Waals surface area contributed by atoms with Gasteiger partial charge in [-0.15, -0.1) is 0 Å². The van der Waals surface area contributed by atoms with E-state index in [1.165, 1.54) is 0 Å². The molecule has 30 valence electrons. The van der Waals surface area contributed by atoms with E-state index in [9.17, 15) is 0 Å². The molecule has 0 aromatic heterocycles. The van der Waals surface area contributed by atoms with E-state index in [2.05, 4.69) is 0 Å². The molecule has 0 saturated carbocycles. The van der Waals surface area contributed by atoms with Crippen LogP contribution in [-0.2, 0) is 0 Å². The van der Waals surface area contributed by atoms with Crippen molar-refractivity contribution in [3.63, 3.8) is 0 Å². The third-order valence-electron chi connectivity index (χ3n) is 0. The van der Waals surface area contributed by atoms with Crippen molar-refractivity contribution in [2.45, 2.75) is 0 Å². The van der Waals surface area contributed by atoms with E-state index < -0.39 is 0 Å². The van der Waals surface area contributed by atoms with Crippen LogP contribution in [0.5, 0.6) is 0 Å². The number of hydrogen-bond donors (Lipinski definition) is 0. The lowest BCUT2D eigenvalue weighted by molar-refractivity contribution is 0.824. The molecule has 0 aliphatic rings. The van der Waals surface area contributed by atoms with Crippen LogP contribution in [0.25, 0.3) is 0 Å². The molecule has 0 radical (unpaired) electrons. The van der Waals surface area contributed by atoms with Crippen molar-refractivity contribution in [2.75, 3.05) is 0 Å². The highest BCUT2D eigenvalue weighted by Gasteiger charge is 0.187. The summed E-state index contributed by atoms with van der Waals surface area (Å²) in [5, 5.41) is 0. The van der Waals surface area contributed by atoms with Gasteiger partial charge in [-0.25, -0.2) is 0 Å². The molecule has 1 unspecified atom stereocenters. The van der Waals surface area contributed by atoms with Crippen LogP contribution in [0.3, 0.4) is 0 Å². The fourth-order valence-electron chi connectivity index (χ4n) is 0. The molecule has 0 amide bonds. The second-order valence-corrected chi connectivity index (χ2v) is 0. The summed E-state index contributed by atoms with van der Waals surface area (Å²) in [7, 11) is 0. The second-order valence-electron chi connectivity index (χ2n) is 0. The Labute approximate surface area is 44.2 Å². The second kappa shape index (κ2) is 31.4. The van der Waals surface area contributed by atoms with E-state index in [1.807, 2.05) is 0 Å². The van der Waals surface area contributed by atoms with Crippen molar-refractivity contribution in [2.24, 2.45) is 0 Å². The predicted octanol–water partition coefficient (Wildman–Crippen LogP) is -3.40. The zero-order chi connectivity index (χ0) is 0. The molecule has 0 aromatic rings. The molecule has 0 saturated heterocycles. The highest BCUT2D eigenvalue weighted by molar-refractivity contribution is 6.92. The average molecular weight is 114 g/mol. The van der Waals surface area contributed by atoms with Gasteiger partial charge in [0, 0.05) is 0 Å². The van der Waals surface area contributed by atoms with Gasteiger partial charge in [-0.3, -0.25) is 0 Å². The first-order valence-corrected chi connectivity index (χ1v) is 0. The predicted molar refractivity (Wildman–Crippen MR) is 36.0 cm³/mol. The minimum atomic E-state index is 0. The van der Waals surface area contributed by atoms with Crippen LogP contribution in [0.4, 0.5) is 0 Å². The van der Waals surface area contributed by atoms with Gasteiger partial charge in [0.1, 0.15) is 0 Å². The molecule has 0 spiro atoms. The molecule has 1 nitrogen and oxygen atoms in total. The Morgan fingerprint density at radius 2 is 1.00 bits per heavy atom. The highest BCUT2D eigenvalue weighted by Crippen LogP contribution is 0.861. The summed E-state index contributed by atoms with van der Waals surface area (Å²) in [4.78, 5) is 0. The fraction of sp³-hybridized carbons (Fsp3) is 0. The maximum absolute atomic E-state index is 0. The minimum Gasteiger partial charge on any atom is -0.412 e. The van der Waals surface area contributed by atoms with Gasteiger partial charge < -0.3 is 5.48 Å². The Hall–Kier alpha value is 1.14. The van der Waals surface area contributed by atoms with E-state index in [4.69, 9.17) is 0 Å². The zero-order valence-corrected chi connectivity index (χ0v) is 2.62. The smallest absolute Gasteiger partial charge is 0.187 e. The number of hydrogen-bond acceptors (Lipinski definition) is 0. The van der Waals surface area contributed by atoms with E-state index in [1.54, 1.807) is 0 Å². The maximum Gasteiger partial charge on any atom is 0.187 e. The van der Waals surface area contributed by atoms with Crippen molar-refractivity contribution in [1.29, 1.82) is 0 Å². The Kier molecular flexibility index (Phi) is 533. The normalized spacial score (nSPS) is 0. The molecule has 2 N–H and O–H groups in total. The lowest BCUT2D eigenvalue weighted by Gasteiger charge is -0.412. The minimum absolute atomic E-state index is 0. The summed E-state index contributed by atoms with van der Waals surface area (Å²) in [5.74, 6) is 0. The Bertz CT molecular complexity index is 8.00. The van der Waals surface area contributed by atoms with Crippen molar-refractivity contribution in [3.05, 3.63) is 0 Å². The summed E-state index contributed by atoms with van der Waals surface area (Å²) in [6.45, 7) is 0. The molecule has 0 fully saturated rings. The molecule has 4 heavy (non-hydrogen) atoms. The summed E-state index contributed by atoms with van der Waals surface area (Å²) >= 11 is 0. The van der Waals surface area contributed by atoms with Crippen molar-refractivity contribution in [3.8, 4) is 0 Å². The molecule has 0 aromatic carbocycles. The van der Waals surface area contributed by atoms with Gasteiger partial charge in [0.25, 0.3) is 0 Å². The Morgan fingerprint density at radius 1 is 1.00 bits per heavy atom. The first kappa shape index (κ1) is 67.8. The zero-order valence-electron chi connectivity index (χ0n) is 1.21. The Morgan fingerprint density at radius 3 is 1.00 bits per heavy atom. The Balaban J connectivity index is 0. The van der Waals surface area contributed by atoms with Gasteiger partial charge in [0.2, 0.25) is 0 Å². The first-order valence-electron chi connectivity index (χ1n) is 0. The third kappa shape index (κ3) is 11.1. The van der Waals surface area contributed by atoms with Crippen LogP contribution < -0.4 is 0 Å². The lowest BCUT2D eigenvalue weighted by atomic mass is 16.0. The van der Waals surface area contributed by atoms with E-state index in [0.717, 1.165) is 0 Å². The van der Waals surface area contributed by atoms with Gasteiger partial charge in [-0.2, -0.15) is 9.90 Å². The molecule has 0 aliphatic carbocycles. The monoisotopic (exact) mass is 114 g/mol. The van der Waals surface area contributed by atoms with Crippen molar-refractivity contribution < 1.29 is 5.48 Å². The molecule has 1 atom stereocenters. The van der Waals surface area contributed by atoms with Gasteiger partial charge in [-0.05, 0) is 11.0 Å². The summed E-state index contributed by atoms with van der Waals surface area (Å²) in [5.41, 5.74) is 0. The van der Waals surface area contributed by atoms with Gasteiger partial charge in [0.15, 0.2) is 17.4 Å². The average Bonchev–Trinajstić information content (AvgIpc) is 0. The first-order chi connectivity index (χ1) is 0. The molecule has 4 heteroatoms. The van der Waals surface area contributed by atoms with E-state index in [0.29, 0.717) is 0 Å². The SMILES string of the molecule is O.P.[AlH3].[SiH4]. The molecule has 0 aliphatic heterocycles. The lowest BCUT2D eigenvalue weighted by Crippen LogP contribution is -0.382. The molecular weight excluding hydrogens is 102 g/mol. The van der Waals surface area contributed by atoms with Crippen molar-refractivity contribution in [1.82, 2.24) is 0 Å². The van der Waals surface area contributed by atoms with Crippen LogP contribution in [0.2, 0.25) is 0 Å². The van der Waals surface area contributed by atoms with Crippen LogP contribution >= 0.6 is 9.90 Å². The molecule has 0 bridgehead atoms. The van der Waals surface area contributed by atoms with Crippen molar-refractivity contribution >= 4 is 38.2 Å². The maximum atomic E-state index is 0. The summed E-state index contributed by atoms with van der Waals surface area (Å²) in [6, 6.07) is 0. The van der Waals surface area contributed by atoms with Gasteiger partial charge >= 0.3 is 0 Å².